The van der Waals surface area contributed by atoms with Crippen LogP contribution in [0.3, 0.4) is 0 Å². The van der Waals surface area contributed by atoms with Gasteiger partial charge in [-0.1, -0.05) is 12.1 Å². The lowest BCUT2D eigenvalue weighted by molar-refractivity contribution is 0.0639. The van der Waals surface area contributed by atoms with E-state index in [1.54, 1.807) is 0 Å². The van der Waals surface area contributed by atoms with Crippen LogP contribution in [0.5, 0.6) is 0 Å². The van der Waals surface area contributed by atoms with Gasteiger partial charge in [-0.3, -0.25) is 0 Å². The molecule has 1 rings (SSSR count). The third-order valence-corrected chi connectivity index (χ3v) is 1.96. The minimum atomic E-state index is 0.222. The highest BCUT2D eigenvalue weighted by Crippen LogP contribution is 2.04. The van der Waals surface area contributed by atoms with Crippen LogP contribution in [-0.4, -0.2) is 25.0 Å². The Balaban J connectivity index is 2.24. The van der Waals surface area contributed by atoms with Gasteiger partial charge in [0, 0.05) is 6.61 Å². The first-order valence-corrected chi connectivity index (χ1v) is 4.62. The maximum Gasteiger partial charge on any atom is 0.124 e. The standard InChI is InChI=1S/C9H17NO2/c1-3-8(2)12-10-9-5-4-6-11-7-9/h8H,3-7H2,1-2H3/b10-9+. The Morgan fingerprint density at radius 2 is 2.50 bits per heavy atom. The molecular formula is C9H17NO2. The molecule has 0 aromatic carbocycles. The average molecular weight is 171 g/mol. The van der Waals surface area contributed by atoms with Crippen LogP contribution in [0.4, 0.5) is 0 Å². The van der Waals surface area contributed by atoms with Crippen molar-refractivity contribution in [2.75, 3.05) is 13.2 Å². The molecule has 12 heavy (non-hydrogen) atoms. The van der Waals surface area contributed by atoms with Crippen molar-refractivity contribution < 1.29 is 9.57 Å². The lowest BCUT2D eigenvalue weighted by atomic mass is 10.2. The summed E-state index contributed by atoms with van der Waals surface area (Å²) in [5.41, 5.74) is 1.04. The molecule has 1 fully saturated rings. The van der Waals surface area contributed by atoms with Crippen LogP contribution in [0.1, 0.15) is 33.1 Å². The monoisotopic (exact) mass is 171 g/mol. The van der Waals surface area contributed by atoms with Gasteiger partial charge < -0.3 is 9.57 Å². The molecule has 1 unspecified atom stereocenters. The molecule has 0 saturated carbocycles. The lowest BCUT2D eigenvalue weighted by Gasteiger charge is -2.14. The fourth-order valence-corrected chi connectivity index (χ4v) is 0.951. The van der Waals surface area contributed by atoms with E-state index in [1.807, 2.05) is 6.92 Å². The van der Waals surface area contributed by atoms with E-state index in [1.165, 1.54) is 0 Å². The maximum absolute atomic E-state index is 5.24. The number of oxime groups is 1. The van der Waals surface area contributed by atoms with Crippen molar-refractivity contribution in [3.63, 3.8) is 0 Å². The molecule has 0 amide bonds. The van der Waals surface area contributed by atoms with E-state index >= 15 is 0 Å². The Bertz CT molecular complexity index is 149. The Kier molecular flexibility index (Phi) is 4.08. The largest absolute Gasteiger partial charge is 0.393 e. The number of hydrogen-bond acceptors (Lipinski definition) is 3. The van der Waals surface area contributed by atoms with Crippen LogP contribution in [0, 0.1) is 0 Å². The quantitative estimate of drug-likeness (QED) is 0.608. The van der Waals surface area contributed by atoms with Crippen LogP contribution in [-0.2, 0) is 9.57 Å². The highest BCUT2D eigenvalue weighted by molar-refractivity contribution is 5.85. The van der Waals surface area contributed by atoms with Gasteiger partial charge in [-0.2, -0.15) is 0 Å². The van der Waals surface area contributed by atoms with Crippen LogP contribution in [0.15, 0.2) is 5.16 Å². The van der Waals surface area contributed by atoms with Gasteiger partial charge in [-0.05, 0) is 26.2 Å². The molecule has 0 aromatic rings. The van der Waals surface area contributed by atoms with E-state index < -0.39 is 0 Å². The Labute approximate surface area is 73.7 Å². The number of hydrogen-bond donors (Lipinski definition) is 0. The van der Waals surface area contributed by atoms with E-state index in [2.05, 4.69) is 12.1 Å². The molecule has 1 saturated heterocycles. The smallest absolute Gasteiger partial charge is 0.124 e. The summed E-state index contributed by atoms with van der Waals surface area (Å²) < 4.78 is 5.24. The SMILES string of the molecule is CCC(C)O/N=C1\CCCOC1. The number of ether oxygens (including phenoxy) is 1. The Hall–Kier alpha value is -0.570. The third kappa shape index (κ3) is 3.22. The molecule has 3 heteroatoms. The normalized spacial score (nSPS) is 24.0. The zero-order valence-electron chi connectivity index (χ0n) is 7.88. The van der Waals surface area contributed by atoms with E-state index in [9.17, 15) is 0 Å². The van der Waals surface area contributed by atoms with Crippen LogP contribution >= 0.6 is 0 Å². The van der Waals surface area contributed by atoms with Crippen molar-refractivity contribution in [1.29, 1.82) is 0 Å². The third-order valence-electron chi connectivity index (χ3n) is 1.96. The fraction of sp³-hybridized carbons (Fsp3) is 0.889. The molecule has 0 radical (unpaired) electrons. The van der Waals surface area contributed by atoms with Gasteiger partial charge in [0.15, 0.2) is 0 Å². The summed E-state index contributed by atoms with van der Waals surface area (Å²) in [5, 5.41) is 4.05. The topological polar surface area (TPSA) is 30.8 Å². The summed E-state index contributed by atoms with van der Waals surface area (Å²) in [6.45, 7) is 5.62. The van der Waals surface area contributed by atoms with Crippen molar-refractivity contribution in [2.24, 2.45) is 5.16 Å². The Morgan fingerprint density at radius 3 is 3.08 bits per heavy atom. The minimum Gasteiger partial charge on any atom is -0.393 e. The summed E-state index contributed by atoms with van der Waals surface area (Å²) in [5.74, 6) is 0. The van der Waals surface area contributed by atoms with Gasteiger partial charge in [-0.25, -0.2) is 0 Å². The van der Waals surface area contributed by atoms with Crippen LogP contribution < -0.4 is 0 Å². The predicted octanol–water partition coefficient (Wildman–Crippen LogP) is 1.97. The maximum atomic E-state index is 5.24. The second kappa shape index (κ2) is 5.14. The highest BCUT2D eigenvalue weighted by Gasteiger charge is 2.07. The van der Waals surface area contributed by atoms with Crippen molar-refractivity contribution in [3.05, 3.63) is 0 Å². The van der Waals surface area contributed by atoms with Crippen LogP contribution in [0.25, 0.3) is 0 Å². The van der Waals surface area contributed by atoms with Gasteiger partial charge in [0.25, 0.3) is 0 Å². The molecule has 0 N–H and O–H groups in total. The lowest BCUT2D eigenvalue weighted by Crippen LogP contribution is -2.18. The molecule has 1 aliphatic rings. The summed E-state index contributed by atoms with van der Waals surface area (Å²) in [6, 6.07) is 0. The Morgan fingerprint density at radius 1 is 1.67 bits per heavy atom. The molecule has 0 spiro atoms. The summed E-state index contributed by atoms with van der Waals surface area (Å²) in [6.07, 6.45) is 3.32. The van der Waals surface area contributed by atoms with Gasteiger partial charge in [-0.15, -0.1) is 0 Å². The summed E-state index contributed by atoms with van der Waals surface area (Å²) in [7, 11) is 0. The minimum absolute atomic E-state index is 0.222. The molecule has 1 aliphatic heterocycles. The first kappa shape index (κ1) is 9.52. The van der Waals surface area contributed by atoms with E-state index in [0.717, 1.165) is 31.6 Å². The van der Waals surface area contributed by atoms with E-state index in [-0.39, 0.29) is 6.10 Å². The predicted molar refractivity (Wildman–Crippen MR) is 48.3 cm³/mol. The van der Waals surface area contributed by atoms with E-state index in [4.69, 9.17) is 9.57 Å². The van der Waals surface area contributed by atoms with Gasteiger partial charge in [0.05, 0.1) is 12.3 Å². The van der Waals surface area contributed by atoms with Gasteiger partial charge in [0.1, 0.15) is 6.10 Å². The first-order chi connectivity index (χ1) is 5.83. The average Bonchev–Trinajstić information content (AvgIpc) is 2.16. The number of nitrogens with zero attached hydrogens (tertiary/aromatic N) is 1. The number of rotatable bonds is 3. The molecule has 3 nitrogen and oxygen atoms in total. The van der Waals surface area contributed by atoms with E-state index in [0.29, 0.717) is 6.61 Å². The molecule has 1 heterocycles. The van der Waals surface area contributed by atoms with Gasteiger partial charge >= 0.3 is 0 Å². The van der Waals surface area contributed by atoms with Crippen molar-refractivity contribution >= 4 is 5.71 Å². The molecule has 0 aliphatic carbocycles. The highest BCUT2D eigenvalue weighted by atomic mass is 16.6. The second-order valence-electron chi connectivity index (χ2n) is 3.14. The van der Waals surface area contributed by atoms with Crippen molar-refractivity contribution in [1.82, 2.24) is 0 Å². The molecule has 0 bridgehead atoms. The van der Waals surface area contributed by atoms with Crippen molar-refractivity contribution in [2.45, 2.75) is 39.2 Å². The van der Waals surface area contributed by atoms with Gasteiger partial charge in [0.2, 0.25) is 0 Å². The summed E-state index contributed by atoms with van der Waals surface area (Å²) in [4.78, 5) is 5.24. The molecular weight excluding hydrogens is 154 g/mol. The zero-order valence-corrected chi connectivity index (χ0v) is 7.88. The summed E-state index contributed by atoms with van der Waals surface area (Å²) >= 11 is 0. The van der Waals surface area contributed by atoms with Crippen molar-refractivity contribution in [3.8, 4) is 0 Å². The zero-order chi connectivity index (χ0) is 8.81. The fourth-order valence-electron chi connectivity index (χ4n) is 0.951. The first-order valence-electron chi connectivity index (χ1n) is 4.62. The van der Waals surface area contributed by atoms with Crippen LogP contribution in [0.2, 0.25) is 0 Å². The second-order valence-corrected chi connectivity index (χ2v) is 3.14. The molecule has 70 valence electrons. The molecule has 0 aromatic heterocycles. The molecule has 1 atom stereocenters.